The standard InChI is InChI=1S/C19H23FN4O.HI/c1-3-13-7-5-8-14(4-2)18(13)24-19(21)22-12-17(25)23-16-10-6-9-15(20)11-16;/h5-11H,3-4,12H2,1-2H3,(H,23,25)(H3,21,22,24);1H. The summed E-state index contributed by atoms with van der Waals surface area (Å²) in [5, 5.41) is 5.67. The van der Waals surface area contributed by atoms with Crippen molar-refractivity contribution < 1.29 is 9.18 Å². The van der Waals surface area contributed by atoms with Gasteiger partial charge in [-0.25, -0.2) is 9.38 Å². The van der Waals surface area contributed by atoms with E-state index in [4.69, 9.17) is 5.73 Å². The number of benzene rings is 2. The number of aliphatic imine (C=N–C) groups is 1. The van der Waals surface area contributed by atoms with Crippen molar-refractivity contribution in [1.29, 1.82) is 0 Å². The van der Waals surface area contributed by atoms with Crippen molar-refractivity contribution in [3.8, 4) is 0 Å². The molecule has 0 bridgehead atoms. The fourth-order valence-electron chi connectivity index (χ4n) is 2.49. The predicted molar refractivity (Wildman–Crippen MR) is 116 cm³/mol. The SMILES string of the molecule is CCc1cccc(CC)c1NC(N)=NCC(=O)Nc1cccc(F)c1.I. The summed E-state index contributed by atoms with van der Waals surface area (Å²) in [6.45, 7) is 3.99. The van der Waals surface area contributed by atoms with Crippen molar-refractivity contribution >= 4 is 47.2 Å². The summed E-state index contributed by atoms with van der Waals surface area (Å²) in [6.07, 6.45) is 1.73. The lowest BCUT2D eigenvalue weighted by molar-refractivity contribution is -0.114. The molecule has 0 saturated carbocycles. The molecule has 0 unspecified atom stereocenters. The van der Waals surface area contributed by atoms with Gasteiger partial charge in [0, 0.05) is 11.4 Å². The summed E-state index contributed by atoms with van der Waals surface area (Å²) in [6, 6.07) is 11.8. The Bertz CT molecular complexity index is 758. The van der Waals surface area contributed by atoms with Crippen LogP contribution in [0.2, 0.25) is 0 Å². The monoisotopic (exact) mass is 470 g/mol. The number of carbonyl (C=O) groups is 1. The van der Waals surface area contributed by atoms with E-state index in [1.165, 1.54) is 18.2 Å². The van der Waals surface area contributed by atoms with Crippen LogP contribution in [0.4, 0.5) is 15.8 Å². The molecule has 7 heteroatoms. The molecule has 0 aromatic heterocycles. The number of hydrogen-bond acceptors (Lipinski definition) is 2. The number of nitrogens with one attached hydrogen (secondary N) is 2. The lowest BCUT2D eigenvalue weighted by Crippen LogP contribution is -2.26. The molecule has 0 radical (unpaired) electrons. The molecule has 0 saturated heterocycles. The molecule has 0 heterocycles. The van der Waals surface area contributed by atoms with Crippen LogP contribution >= 0.6 is 24.0 Å². The number of nitrogens with two attached hydrogens (primary N) is 1. The fraction of sp³-hybridized carbons (Fsp3) is 0.263. The smallest absolute Gasteiger partial charge is 0.246 e. The third kappa shape index (κ3) is 6.29. The van der Waals surface area contributed by atoms with Gasteiger partial charge in [-0.2, -0.15) is 0 Å². The highest BCUT2D eigenvalue weighted by Crippen LogP contribution is 2.22. The van der Waals surface area contributed by atoms with Gasteiger partial charge in [0.1, 0.15) is 12.4 Å². The van der Waals surface area contributed by atoms with Crippen LogP contribution in [0.15, 0.2) is 47.5 Å². The summed E-state index contributed by atoms with van der Waals surface area (Å²) in [7, 11) is 0. The van der Waals surface area contributed by atoms with Crippen molar-refractivity contribution in [3.05, 3.63) is 59.4 Å². The second-order valence-corrected chi connectivity index (χ2v) is 5.54. The zero-order valence-corrected chi connectivity index (χ0v) is 17.2. The predicted octanol–water partition coefficient (Wildman–Crippen LogP) is 3.93. The lowest BCUT2D eigenvalue weighted by Gasteiger charge is -2.14. The number of nitrogens with zero attached hydrogens (tertiary/aromatic N) is 1. The molecule has 1 amide bonds. The molecule has 140 valence electrons. The van der Waals surface area contributed by atoms with Gasteiger partial charge in [-0.3, -0.25) is 4.79 Å². The van der Waals surface area contributed by atoms with Crippen molar-refractivity contribution in [3.63, 3.8) is 0 Å². The molecule has 2 rings (SSSR count). The second kappa shape index (κ2) is 10.7. The number of hydrogen-bond donors (Lipinski definition) is 3. The minimum absolute atomic E-state index is 0. The molecular weight excluding hydrogens is 446 g/mol. The van der Waals surface area contributed by atoms with Crippen LogP contribution in [0, 0.1) is 5.82 Å². The second-order valence-electron chi connectivity index (χ2n) is 5.54. The molecule has 0 spiro atoms. The Morgan fingerprint density at radius 1 is 1.08 bits per heavy atom. The number of carbonyl (C=O) groups excluding carboxylic acids is 1. The van der Waals surface area contributed by atoms with Gasteiger partial charge in [-0.05, 0) is 42.2 Å². The zero-order valence-electron chi connectivity index (χ0n) is 14.9. The van der Waals surface area contributed by atoms with Crippen LogP contribution in [-0.2, 0) is 17.6 Å². The van der Waals surface area contributed by atoms with Gasteiger partial charge in [-0.15, -0.1) is 24.0 Å². The largest absolute Gasteiger partial charge is 0.370 e. The summed E-state index contributed by atoms with van der Waals surface area (Å²) >= 11 is 0. The van der Waals surface area contributed by atoms with E-state index >= 15 is 0 Å². The van der Waals surface area contributed by atoms with Gasteiger partial charge < -0.3 is 16.4 Å². The quantitative estimate of drug-likeness (QED) is 0.340. The Kier molecular flexibility index (Phi) is 9.04. The molecule has 5 nitrogen and oxygen atoms in total. The molecule has 2 aromatic rings. The summed E-state index contributed by atoms with van der Waals surface area (Å²) in [4.78, 5) is 16.0. The van der Waals surface area contributed by atoms with E-state index in [9.17, 15) is 9.18 Å². The first-order chi connectivity index (χ1) is 12.0. The molecule has 0 aliphatic heterocycles. The average molecular weight is 470 g/mol. The lowest BCUT2D eigenvalue weighted by atomic mass is 10.0. The molecule has 4 N–H and O–H groups in total. The summed E-state index contributed by atoms with van der Waals surface area (Å²) < 4.78 is 13.1. The van der Waals surface area contributed by atoms with Crippen LogP contribution in [-0.4, -0.2) is 18.4 Å². The minimum atomic E-state index is -0.411. The van der Waals surface area contributed by atoms with Crippen LogP contribution < -0.4 is 16.4 Å². The number of guanidine groups is 1. The maximum Gasteiger partial charge on any atom is 0.246 e. The Morgan fingerprint density at radius 3 is 2.27 bits per heavy atom. The molecule has 26 heavy (non-hydrogen) atoms. The van der Waals surface area contributed by atoms with E-state index in [1.54, 1.807) is 6.07 Å². The Balaban J connectivity index is 0.00000338. The normalized spacial score (nSPS) is 10.8. The first-order valence-electron chi connectivity index (χ1n) is 8.26. The summed E-state index contributed by atoms with van der Waals surface area (Å²) in [5.74, 6) is -0.606. The first-order valence-corrected chi connectivity index (χ1v) is 8.26. The zero-order chi connectivity index (χ0) is 18.2. The molecule has 0 aliphatic rings. The number of halogens is 2. The maximum atomic E-state index is 13.1. The van der Waals surface area contributed by atoms with Crippen LogP contribution in [0.3, 0.4) is 0 Å². The Morgan fingerprint density at radius 2 is 1.69 bits per heavy atom. The highest BCUT2D eigenvalue weighted by molar-refractivity contribution is 14.0. The Labute approximate surface area is 170 Å². The molecule has 0 aliphatic carbocycles. The first kappa shape index (κ1) is 21.9. The Hall–Kier alpha value is -2.16. The fourth-order valence-corrected chi connectivity index (χ4v) is 2.49. The third-order valence-electron chi connectivity index (χ3n) is 3.75. The van der Waals surface area contributed by atoms with E-state index in [1.807, 2.05) is 18.2 Å². The molecular formula is C19H24FIN4O. The van der Waals surface area contributed by atoms with Gasteiger partial charge in [0.25, 0.3) is 0 Å². The van der Waals surface area contributed by atoms with Crippen LogP contribution in [0.1, 0.15) is 25.0 Å². The highest BCUT2D eigenvalue weighted by atomic mass is 127. The van der Waals surface area contributed by atoms with E-state index in [0.717, 1.165) is 29.7 Å². The van der Waals surface area contributed by atoms with Crippen LogP contribution in [0.5, 0.6) is 0 Å². The third-order valence-corrected chi connectivity index (χ3v) is 3.75. The van der Waals surface area contributed by atoms with E-state index in [2.05, 4.69) is 29.5 Å². The molecule has 2 aromatic carbocycles. The van der Waals surface area contributed by atoms with Crippen molar-refractivity contribution in [2.75, 3.05) is 17.2 Å². The maximum absolute atomic E-state index is 13.1. The molecule has 0 atom stereocenters. The van der Waals surface area contributed by atoms with Crippen molar-refractivity contribution in [2.45, 2.75) is 26.7 Å². The summed E-state index contributed by atoms with van der Waals surface area (Å²) in [5.41, 5.74) is 9.53. The van der Waals surface area contributed by atoms with Crippen LogP contribution in [0.25, 0.3) is 0 Å². The number of aryl methyl sites for hydroxylation is 2. The van der Waals surface area contributed by atoms with Gasteiger partial charge in [0.15, 0.2) is 5.96 Å². The highest BCUT2D eigenvalue weighted by Gasteiger charge is 2.08. The van der Waals surface area contributed by atoms with Crippen molar-refractivity contribution in [2.24, 2.45) is 10.7 Å². The topological polar surface area (TPSA) is 79.5 Å². The van der Waals surface area contributed by atoms with Gasteiger partial charge in [0.2, 0.25) is 5.91 Å². The van der Waals surface area contributed by atoms with Crippen molar-refractivity contribution in [1.82, 2.24) is 0 Å². The average Bonchev–Trinajstić information content (AvgIpc) is 2.60. The number of anilines is 2. The number of amides is 1. The van der Waals surface area contributed by atoms with Gasteiger partial charge in [-0.1, -0.05) is 38.1 Å². The molecule has 0 fully saturated rings. The van der Waals surface area contributed by atoms with Gasteiger partial charge >= 0.3 is 0 Å². The number of para-hydroxylation sites is 1. The van der Waals surface area contributed by atoms with E-state index in [0.29, 0.717) is 5.69 Å². The number of rotatable bonds is 6. The van der Waals surface area contributed by atoms with Gasteiger partial charge in [0.05, 0.1) is 0 Å². The van der Waals surface area contributed by atoms with E-state index in [-0.39, 0.29) is 42.4 Å². The van der Waals surface area contributed by atoms with E-state index < -0.39 is 5.82 Å². The minimum Gasteiger partial charge on any atom is -0.370 e.